The molecule has 1 saturated heterocycles. The summed E-state index contributed by atoms with van der Waals surface area (Å²) < 4.78 is 1.66. The second-order valence-electron chi connectivity index (χ2n) is 5.29. The van der Waals surface area contributed by atoms with Crippen LogP contribution in [-0.2, 0) is 4.79 Å². The maximum atomic E-state index is 11.9. The van der Waals surface area contributed by atoms with Crippen LogP contribution in [0.3, 0.4) is 0 Å². The highest BCUT2D eigenvalue weighted by atomic mass is 16.4. The first-order valence-corrected chi connectivity index (χ1v) is 6.62. The lowest BCUT2D eigenvalue weighted by Gasteiger charge is -2.26. The number of hydrogen-bond acceptors (Lipinski definition) is 5. The van der Waals surface area contributed by atoms with Crippen LogP contribution in [0, 0.1) is 11.8 Å². The third-order valence-corrected chi connectivity index (χ3v) is 3.48. The Hall–Kier alpha value is -1.96. The van der Waals surface area contributed by atoms with Crippen LogP contribution in [0.2, 0.25) is 0 Å². The van der Waals surface area contributed by atoms with Crippen molar-refractivity contribution in [1.29, 1.82) is 0 Å². The topological polar surface area (TPSA) is 109 Å². The number of amides is 1. The molecule has 8 nitrogen and oxygen atoms in total. The van der Waals surface area contributed by atoms with Gasteiger partial charge >= 0.3 is 5.97 Å². The van der Waals surface area contributed by atoms with Gasteiger partial charge in [-0.2, -0.15) is 0 Å². The summed E-state index contributed by atoms with van der Waals surface area (Å²) in [5, 5.41) is 22.5. The lowest BCUT2D eigenvalue weighted by molar-refractivity contribution is -0.142. The van der Waals surface area contributed by atoms with E-state index in [4.69, 9.17) is 5.11 Å². The summed E-state index contributed by atoms with van der Waals surface area (Å²) in [5.41, 5.74) is 0.213. The third-order valence-electron chi connectivity index (χ3n) is 3.48. The van der Waals surface area contributed by atoms with E-state index in [0.29, 0.717) is 0 Å². The summed E-state index contributed by atoms with van der Waals surface area (Å²) in [6, 6.07) is 0.242. The summed E-state index contributed by atoms with van der Waals surface area (Å²) in [7, 11) is 0. The largest absolute Gasteiger partial charge is 0.481 e. The van der Waals surface area contributed by atoms with E-state index in [1.54, 1.807) is 10.9 Å². The van der Waals surface area contributed by atoms with Gasteiger partial charge in [0.25, 0.3) is 5.91 Å². The molecule has 0 aliphatic carbocycles. The van der Waals surface area contributed by atoms with E-state index < -0.39 is 17.8 Å². The Morgan fingerprint density at radius 2 is 2.25 bits per heavy atom. The number of aliphatic carboxylic acids is 1. The first-order chi connectivity index (χ1) is 9.49. The van der Waals surface area contributed by atoms with Crippen LogP contribution in [0.25, 0.3) is 0 Å². The van der Waals surface area contributed by atoms with E-state index in [1.165, 1.54) is 0 Å². The second-order valence-corrected chi connectivity index (χ2v) is 5.29. The van der Waals surface area contributed by atoms with Gasteiger partial charge in [0.2, 0.25) is 0 Å². The van der Waals surface area contributed by atoms with Crippen molar-refractivity contribution >= 4 is 11.9 Å². The van der Waals surface area contributed by atoms with Crippen molar-refractivity contribution < 1.29 is 14.7 Å². The second kappa shape index (κ2) is 6.00. The number of carbonyl (C=O) groups is 2. The normalized spacial score (nSPS) is 16.8. The zero-order valence-corrected chi connectivity index (χ0v) is 11.5. The van der Waals surface area contributed by atoms with Gasteiger partial charge in [-0.05, 0) is 5.92 Å². The molecule has 3 N–H and O–H groups in total. The molecule has 0 bridgehead atoms. The van der Waals surface area contributed by atoms with Crippen LogP contribution in [0.4, 0.5) is 0 Å². The molecule has 2 rings (SSSR count). The Balaban J connectivity index is 1.90. The van der Waals surface area contributed by atoms with Crippen molar-refractivity contribution in [2.45, 2.75) is 19.9 Å². The molecule has 1 unspecified atom stereocenters. The summed E-state index contributed by atoms with van der Waals surface area (Å²) in [5.74, 6) is -1.96. The van der Waals surface area contributed by atoms with Crippen molar-refractivity contribution in [1.82, 2.24) is 25.6 Å². The fourth-order valence-corrected chi connectivity index (χ4v) is 1.92. The standard InChI is InChI=1S/C12H19N5O3/c1-7(2)9(12(19)20)5-14-11(18)10-6-17(16-15-10)8-3-13-4-8/h6-9,13H,3-5H2,1-2H3,(H,14,18)(H,19,20). The Kier molecular flexibility index (Phi) is 4.33. The Morgan fingerprint density at radius 3 is 2.75 bits per heavy atom. The molecule has 1 aliphatic heterocycles. The van der Waals surface area contributed by atoms with Gasteiger partial charge in [-0.15, -0.1) is 5.10 Å². The van der Waals surface area contributed by atoms with Crippen molar-refractivity contribution in [3.05, 3.63) is 11.9 Å². The average molecular weight is 281 g/mol. The molecule has 1 amide bonds. The molecule has 110 valence electrons. The van der Waals surface area contributed by atoms with Gasteiger partial charge in [0.1, 0.15) is 0 Å². The highest BCUT2D eigenvalue weighted by molar-refractivity contribution is 5.92. The number of carbonyl (C=O) groups excluding carboxylic acids is 1. The number of hydrogen-bond donors (Lipinski definition) is 3. The highest BCUT2D eigenvalue weighted by Crippen LogP contribution is 2.11. The molecule has 1 fully saturated rings. The van der Waals surface area contributed by atoms with Gasteiger partial charge in [0.05, 0.1) is 18.2 Å². The third kappa shape index (κ3) is 3.13. The minimum atomic E-state index is -0.913. The average Bonchev–Trinajstić information content (AvgIpc) is 2.75. The maximum Gasteiger partial charge on any atom is 0.308 e. The fraction of sp³-hybridized carbons (Fsp3) is 0.667. The zero-order valence-electron chi connectivity index (χ0n) is 11.5. The maximum absolute atomic E-state index is 11.9. The fourth-order valence-electron chi connectivity index (χ4n) is 1.92. The van der Waals surface area contributed by atoms with Crippen LogP contribution >= 0.6 is 0 Å². The smallest absolute Gasteiger partial charge is 0.308 e. The first-order valence-electron chi connectivity index (χ1n) is 6.62. The van der Waals surface area contributed by atoms with Crippen LogP contribution in [0.5, 0.6) is 0 Å². The molecule has 20 heavy (non-hydrogen) atoms. The Bertz CT molecular complexity index is 495. The first kappa shape index (κ1) is 14.4. The van der Waals surface area contributed by atoms with E-state index in [1.807, 2.05) is 13.8 Å². The minimum Gasteiger partial charge on any atom is -0.481 e. The van der Waals surface area contributed by atoms with E-state index in [2.05, 4.69) is 20.9 Å². The summed E-state index contributed by atoms with van der Waals surface area (Å²) >= 11 is 0. The quantitative estimate of drug-likeness (QED) is 0.649. The van der Waals surface area contributed by atoms with Crippen LogP contribution in [0.1, 0.15) is 30.4 Å². The Labute approximate surface area is 116 Å². The molecule has 1 aromatic rings. The number of aromatic nitrogens is 3. The van der Waals surface area contributed by atoms with Crippen molar-refractivity contribution in [3.63, 3.8) is 0 Å². The van der Waals surface area contributed by atoms with Gasteiger partial charge in [-0.25, -0.2) is 4.68 Å². The van der Waals surface area contributed by atoms with E-state index in [0.717, 1.165) is 13.1 Å². The van der Waals surface area contributed by atoms with E-state index in [-0.39, 0.29) is 24.2 Å². The molecule has 1 aliphatic rings. The molecular formula is C12H19N5O3. The molecule has 0 aromatic carbocycles. The molecule has 2 heterocycles. The molecule has 0 saturated carbocycles. The molecular weight excluding hydrogens is 262 g/mol. The molecule has 1 aromatic heterocycles. The predicted molar refractivity (Wildman–Crippen MR) is 70.2 cm³/mol. The number of carboxylic acids is 1. The molecule has 1 atom stereocenters. The Morgan fingerprint density at radius 1 is 1.55 bits per heavy atom. The minimum absolute atomic E-state index is 0.0514. The van der Waals surface area contributed by atoms with Gasteiger partial charge in [0, 0.05) is 19.6 Å². The monoisotopic (exact) mass is 281 g/mol. The number of nitrogens with zero attached hydrogens (tertiary/aromatic N) is 3. The van der Waals surface area contributed by atoms with Crippen molar-refractivity contribution in [2.24, 2.45) is 11.8 Å². The van der Waals surface area contributed by atoms with E-state index >= 15 is 0 Å². The molecule has 0 spiro atoms. The van der Waals surface area contributed by atoms with Crippen molar-refractivity contribution in [2.75, 3.05) is 19.6 Å². The number of rotatable bonds is 6. The zero-order chi connectivity index (χ0) is 14.7. The highest BCUT2D eigenvalue weighted by Gasteiger charge is 2.24. The van der Waals surface area contributed by atoms with Crippen molar-refractivity contribution in [3.8, 4) is 0 Å². The number of carboxylic acid groups (broad SMARTS) is 1. The lowest BCUT2D eigenvalue weighted by atomic mass is 9.96. The SMILES string of the molecule is CC(C)C(CNC(=O)c1cn(C2CNC2)nn1)C(=O)O. The van der Waals surface area contributed by atoms with Crippen LogP contribution in [0.15, 0.2) is 6.20 Å². The summed E-state index contributed by atoms with van der Waals surface area (Å²) in [6.07, 6.45) is 1.59. The molecule has 0 radical (unpaired) electrons. The summed E-state index contributed by atoms with van der Waals surface area (Å²) in [6.45, 7) is 5.34. The van der Waals surface area contributed by atoms with Gasteiger partial charge in [-0.3, -0.25) is 9.59 Å². The van der Waals surface area contributed by atoms with E-state index in [9.17, 15) is 9.59 Å². The van der Waals surface area contributed by atoms with Gasteiger partial charge in [0.15, 0.2) is 5.69 Å². The summed E-state index contributed by atoms with van der Waals surface area (Å²) in [4.78, 5) is 22.9. The van der Waals surface area contributed by atoms with Crippen LogP contribution in [-0.4, -0.2) is 51.6 Å². The number of nitrogens with one attached hydrogen (secondary N) is 2. The lowest BCUT2D eigenvalue weighted by Crippen LogP contribution is -2.43. The predicted octanol–water partition coefficient (Wildman–Crippen LogP) is -0.491. The van der Waals surface area contributed by atoms with Crippen LogP contribution < -0.4 is 10.6 Å². The molecule has 8 heteroatoms. The van der Waals surface area contributed by atoms with Gasteiger partial charge < -0.3 is 15.7 Å². The van der Waals surface area contributed by atoms with Gasteiger partial charge in [-0.1, -0.05) is 19.1 Å².